The van der Waals surface area contributed by atoms with E-state index in [-0.39, 0.29) is 27.5 Å². The highest BCUT2D eigenvalue weighted by Crippen LogP contribution is 2.37. The van der Waals surface area contributed by atoms with Crippen molar-refractivity contribution < 1.29 is 24.2 Å². The van der Waals surface area contributed by atoms with Gasteiger partial charge in [0.25, 0.3) is 5.91 Å². The molecule has 1 heterocycles. The number of aromatic nitrogens is 1. The number of carbonyl (C=O) groups is 2. The summed E-state index contributed by atoms with van der Waals surface area (Å²) >= 11 is 11.9. The van der Waals surface area contributed by atoms with E-state index in [1.807, 2.05) is 0 Å². The van der Waals surface area contributed by atoms with Gasteiger partial charge in [0.15, 0.2) is 11.6 Å². The van der Waals surface area contributed by atoms with Crippen LogP contribution in [-0.4, -0.2) is 26.7 Å². The van der Waals surface area contributed by atoms with E-state index in [9.17, 15) is 24.2 Å². The monoisotopic (exact) mass is 423 g/mol. The molecule has 0 fully saturated rings. The largest absolute Gasteiger partial charge is 0.505 e. The van der Waals surface area contributed by atoms with Crippen molar-refractivity contribution in [2.24, 2.45) is 0 Å². The van der Waals surface area contributed by atoms with Gasteiger partial charge in [0.2, 0.25) is 0 Å². The predicted molar refractivity (Wildman–Crippen MR) is 105 cm³/mol. The number of aromatic hydroxyl groups is 1. The average Bonchev–Trinajstić information content (AvgIpc) is 2.89. The fourth-order valence-corrected chi connectivity index (χ4v) is 3.71. The lowest BCUT2D eigenvalue weighted by atomic mass is 9.94. The third-order valence-corrected chi connectivity index (χ3v) is 5.48. The van der Waals surface area contributed by atoms with E-state index in [4.69, 9.17) is 23.2 Å². The quantitative estimate of drug-likeness (QED) is 0.591. The average molecular weight is 424 g/mol. The number of carboxylic acids is 1. The molecule has 0 saturated carbocycles. The van der Waals surface area contributed by atoms with Gasteiger partial charge in [-0.25, -0.2) is 4.39 Å². The Hall–Kier alpha value is -2.57. The lowest BCUT2D eigenvalue weighted by molar-refractivity contribution is -0.138. The lowest BCUT2D eigenvalue weighted by Crippen LogP contribution is -2.16. The number of rotatable bonds is 4. The Kier molecular flexibility index (Phi) is 5.37. The van der Waals surface area contributed by atoms with E-state index >= 15 is 0 Å². The smallest absolute Gasteiger partial charge is 0.311 e. The number of nitrogens with zero attached hydrogens (tertiary/aromatic N) is 1. The zero-order chi connectivity index (χ0) is 20.7. The predicted octanol–water partition coefficient (Wildman–Crippen LogP) is 5.37. The lowest BCUT2D eigenvalue weighted by Gasteiger charge is -2.12. The fraction of sp³-hybridized carbons (Fsp3) is 0.200. The van der Waals surface area contributed by atoms with Gasteiger partial charge >= 0.3 is 5.97 Å². The maximum atomic E-state index is 14.1. The molecule has 3 rings (SSSR count). The SMILES string of the molecule is CCC(C(=O)O)c1c(C)n(C(=O)c2ccc(Cl)c(Cl)c2)c2cc(F)c(O)cc12. The van der Waals surface area contributed by atoms with Crippen LogP contribution < -0.4 is 0 Å². The molecule has 0 aliphatic heterocycles. The summed E-state index contributed by atoms with van der Waals surface area (Å²) in [4.78, 5) is 24.9. The van der Waals surface area contributed by atoms with Crippen LogP contribution in [0.1, 0.15) is 40.9 Å². The van der Waals surface area contributed by atoms with Gasteiger partial charge < -0.3 is 10.2 Å². The molecule has 5 nitrogen and oxygen atoms in total. The molecular formula is C20H16Cl2FNO4. The van der Waals surface area contributed by atoms with Gasteiger partial charge in [-0.1, -0.05) is 30.1 Å². The Balaban J connectivity index is 2.34. The van der Waals surface area contributed by atoms with Gasteiger partial charge in [-0.3, -0.25) is 14.2 Å². The first-order valence-corrected chi connectivity index (χ1v) is 9.18. The molecule has 28 heavy (non-hydrogen) atoms. The first-order chi connectivity index (χ1) is 13.2. The summed E-state index contributed by atoms with van der Waals surface area (Å²) in [6.07, 6.45) is 0.258. The van der Waals surface area contributed by atoms with E-state index in [1.165, 1.54) is 22.8 Å². The molecule has 1 atom stereocenters. The van der Waals surface area contributed by atoms with Crippen LogP contribution in [0.4, 0.5) is 4.39 Å². The summed E-state index contributed by atoms with van der Waals surface area (Å²) in [5.74, 6) is -4.04. The van der Waals surface area contributed by atoms with Crippen molar-refractivity contribution in [1.82, 2.24) is 4.57 Å². The van der Waals surface area contributed by atoms with Crippen LogP contribution in [0.25, 0.3) is 10.9 Å². The van der Waals surface area contributed by atoms with E-state index in [0.29, 0.717) is 16.6 Å². The van der Waals surface area contributed by atoms with E-state index in [1.54, 1.807) is 13.8 Å². The van der Waals surface area contributed by atoms with Crippen molar-refractivity contribution in [3.8, 4) is 5.75 Å². The summed E-state index contributed by atoms with van der Waals surface area (Å²) in [6.45, 7) is 3.29. The first-order valence-electron chi connectivity index (χ1n) is 8.43. The maximum absolute atomic E-state index is 14.1. The molecular weight excluding hydrogens is 408 g/mol. The Morgan fingerprint density at radius 2 is 1.86 bits per heavy atom. The van der Waals surface area contributed by atoms with Gasteiger partial charge in [-0.2, -0.15) is 0 Å². The van der Waals surface area contributed by atoms with Crippen LogP contribution in [0.15, 0.2) is 30.3 Å². The number of hydrogen-bond acceptors (Lipinski definition) is 3. The Morgan fingerprint density at radius 1 is 1.18 bits per heavy atom. The van der Waals surface area contributed by atoms with Gasteiger partial charge in [0.05, 0.1) is 21.5 Å². The van der Waals surface area contributed by atoms with Crippen LogP contribution in [0, 0.1) is 12.7 Å². The minimum Gasteiger partial charge on any atom is -0.505 e. The topological polar surface area (TPSA) is 79.5 Å². The molecule has 0 radical (unpaired) electrons. The zero-order valence-corrected chi connectivity index (χ0v) is 16.5. The van der Waals surface area contributed by atoms with Crippen molar-refractivity contribution in [2.45, 2.75) is 26.2 Å². The molecule has 0 aliphatic carbocycles. The molecule has 0 saturated heterocycles. The number of fused-ring (bicyclic) bond motifs is 1. The van der Waals surface area contributed by atoms with Gasteiger partial charge in [0, 0.05) is 22.7 Å². The number of phenolic OH excluding ortho intramolecular Hbond substituents is 1. The molecule has 0 amide bonds. The molecule has 1 aromatic heterocycles. The third-order valence-electron chi connectivity index (χ3n) is 4.75. The number of halogens is 3. The summed E-state index contributed by atoms with van der Waals surface area (Å²) in [5.41, 5.74) is 1.08. The molecule has 2 N–H and O–H groups in total. The standard InChI is InChI=1S/C20H16Cl2FNO4/c1-3-11(20(27)28)18-9(2)24(16-8-15(23)17(25)7-12(16)18)19(26)10-4-5-13(21)14(22)6-10/h4-8,11,25H,3H2,1-2H3,(H,27,28). The minimum absolute atomic E-state index is 0.165. The zero-order valence-electron chi connectivity index (χ0n) is 15.0. The number of phenols is 1. The second-order valence-corrected chi connectivity index (χ2v) is 7.20. The number of aliphatic carboxylic acids is 1. The summed E-state index contributed by atoms with van der Waals surface area (Å²) in [7, 11) is 0. The number of hydrogen-bond donors (Lipinski definition) is 2. The second-order valence-electron chi connectivity index (χ2n) is 6.39. The molecule has 0 spiro atoms. The molecule has 1 unspecified atom stereocenters. The van der Waals surface area contributed by atoms with Gasteiger partial charge in [-0.05, 0) is 43.2 Å². The first kappa shape index (κ1) is 20.2. The Labute approximate surface area is 169 Å². The fourth-order valence-electron chi connectivity index (χ4n) is 3.41. The molecule has 0 bridgehead atoms. The normalized spacial score (nSPS) is 12.3. The van der Waals surface area contributed by atoms with Crippen LogP contribution in [0.2, 0.25) is 10.0 Å². The van der Waals surface area contributed by atoms with Crippen molar-refractivity contribution in [3.63, 3.8) is 0 Å². The van der Waals surface area contributed by atoms with Gasteiger partial charge in [-0.15, -0.1) is 0 Å². The van der Waals surface area contributed by atoms with Crippen molar-refractivity contribution >= 4 is 46.0 Å². The summed E-state index contributed by atoms with van der Waals surface area (Å²) in [5, 5.41) is 20.2. The Bertz CT molecular complexity index is 1120. The van der Waals surface area contributed by atoms with E-state index in [2.05, 4.69) is 0 Å². The van der Waals surface area contributed by atoms with Crippen molar-refractivity contribution in [2.75, 3.05) is 0 Å². The summed E-state index contributed by atoms with van der Waals surface area (Å²) in [6, 6.07) is 6.51. The highest BCUT2D eigenvalue weighted by molar-refractivity contribution is 6.42. The number of carboxylic acid groups (broad SMARTS) is 1. The molecule has 8 heteroatoms. The van der Waals surface area contributed by atoms with Crippen LogP contribution in [-0.2, 0) is 4.79 Å². The van der Waals surface area contributed by atoms with E-state index in [0.717, 1.165) is 12.1 Å². The highest BCUT2D eigenvalue weighted by Gasteiger charge is 2.29. The summed E-state index contributed by atoms with van der Waals surface area (Å²) < 4.78 is 15.3. The Morgan fingerprint density at radius 3 is 2.43 bits per heavy atom. The molecule has 146 valence electrons. The maximum Gasteiger partial charge on any atom is 0.311 e. The van der Waals surface area contributed by atoms with E-state index < -0.39 is 29.4 Å². The highest BCUT2D eigenvalue weighted by atomic mass is 35.5. The van der Waals surface area contributed by atoms with Crippen molar-refractivity contribution in [1.29, 1.82) is 0 Å². The third kappa shape index (κ3) is 3.23. The van der Waals surface area contributed by atoms with Crippen LogP contribution in [0.3, 0.4) is 0 Å². The molecule has 0 aliphatic rings. The number of benzene rings is 2. The number of carbonyl (C=O) groups excluding carboxylic acids is 1. The molecule has 3 aromatic rings. The van der Waals surface area contributed by atoms with Crippen LogP contribution >= 0.6 is 23.2 Å². The van der Waals surface area contributed by atoms with Crippen LogP contribution in [0.5, 0.6) is 5.75 Å². The molecule has 2 aromatic carbocycles. The second kappa shape index (κ2) is 7.45. The van der Waals surface area contributed by atoms with Gasteiger partial charge in [0.1, 0.15) is 0 Å². The minimum atomic E-state index is -1.07. The van der Waals surface area contributed by atoms with Crippen molar-refractivity contribution in [3.05, 3.63) is 63.0 Å².